The van der Waals surface area contributed by atoms with Gasteiger partial charge in [0, 0.05) is 5.56 Å². The minimum Gasteiger partial charge on any atom is -0.549 e. The highest BCUT2D eigenvalue weighted by Crippen LogP contribution is 2.11. The summed E-state index contributed by atoms with van der Waals surface area (Å²) in [4.78, 5) is 22.2. The highest BCUT2D eigenvalue weighted by atomic mass is 16.4. The van der Waals surface area contributed by atoms with Crippen LogP contribution >= 0.6 is 0 Å². The van der Waals surface area contributed by atoms with Crippen molar-refractivity contribution in [1.29, 1.82) is 0 Å². The fourth-order valence-electron chi connectivity index (χ4n) is 1.26. The van der Waals surface area contributed by atoms with Crippen molar-refractivity contribution in [2.24, 2.45) is 5.92 Å². The van der Waals surface area contributed by atoms with E-state index in [1.165, 1.54) is 0 Å². The highest BCUT2D eigenvalue weighted by Gasteiger charge is 2.18. The zero-order valence-electron chi connectivity index (χ0n) is 7.90. The first-order valence-electron chi connectivity index (χ1n) is 4.47. The van der Waals surface area contributed by atoms with Gasteiger partial charge in [0.05, 0.1) is 11.9 Å². The van der Waals surface area contributed by atoms with Gasteiger partial charge in [-0.15, -0.1) is 0 Å². The third-order valence-electron chi connectivity index (χ3n) is 2.07. The van der Waals surface area contributed by atoms with E-state index in [-0.39, 0.29) is 12.2 Å². The third-order valence-corrected chi connectivity index (χ3v) is 2.07. The first kappa shape index (κ1) is 10.4. The molecule has 3 heteroatoms. The van der Waals surface area contributed by atoms with Gasteiger partial charge in [0.2, 0.25) is 0 Å². The van der Waals surface area contributed by atoms with Crippen molar-refractivity contribution in [3.63, 3.8) is 0 Å². The van der Waals surface area contributed by atoms with Crippen molar-refractivity contribution in [2.75, 3.05) is 0 Å². The van der Waals surface area contributed by atoms with Crippen molar-refractivity contribution in [2.45, 2.75) is 13.3 Å². The van der Waals surface area contributed by atoms with E-state index in [1.807, 2.05) is 0 Å². The van der Waals surface area contributed by atoms with E-state index < -0.39 is 11.9 Å². The third kappa shape index (κ3) is 2.19. The largest absolute Gasteiger partial charge is 0.549 e. The number of carbonyl (C=O) groups is 2. The lowest BCUT2D eigenvalue weighted by molar-refractivity contribution is -0.309. The molecule has 0 N–H and O–H groups in total. The predicted octanol–water partition coefficient (Wildman–Crippen LogP) is 0.645. The quantitative estimate of drug-likeness (QED) is 0.518. The van der Waals surface area contributed by atoms with Gasteiger partial charge in [-0.05, 0) is 6.42 Å². The van der Waals surface area contributed by atoms with Crippen molar-refractivity contribution in [3.8, 4) is 0 Å². The Morgan fingerprint density at radius 2 is 1.86 bits per heavy atom. The van der Waals surface area contributed by atoms with E-state index in [0.717, 1.165) is 0 Å². The zero-order valence-corrected chi connectivity index (χ0v) is 7.90. The van der Waals surface area contributed by atoms with E-state index in [4.69, 9.17) is 0 Å². The van der Waals surface area contributed by atoms with Crippen LogP contribution in [0.4, 0.5) is 0 Å². The number of Topliss-reactive ketones (excluding diaryl/α,β-unsaturated/α-hetero) is 1. The Morgan fingerprint density at radius 3 is 2.29 bits per heavy atom. The summed E-state index contributed by atoms with van der Waals surface area (Å²) in [6.45, 7) is 1.65. The molecule has 0 saturated carbocycles. The van der Waals surface area contributed by atoms with Crippen LogP contribution in [0.5, 0.6) is 0 Å². The topological polar surface area (TPSA) is 57.2 Å². The number of hydrogen-bond acceptors (Lipinski definition) is 3. The van der Waals surface area contributed by atoms with Gasteiger partial charge >= 0.3 is 0 Å². The number of hydrogen-bond donors (Lipinski definition) is 0. The van der Waals surface area contributed by atoms with E-state index in [1.54, 1.807) is 37.3 Å². The van der Waals surface area contributed by atoms with E-state index >= 15 is 0 Å². The number of benzene rings is 1. The Labute approximate surface area is 82.4 Å². The Morgan fingerprint density at radius 1 is 1.29 bits per heavy atom. The Kier molecular flexibility index (Phi) is 3.40. The second-order valence-corrected chi connectivity index (χ2v) is 3.01. The summed E-state index contributed by atoms with van der Waals surface area (Å²) in [5, 5.41) is 10.6. The van der Waals surface area contributed by atoms with Crippen LogP contribution in [0.3, 0.4) is 0 Å². The number of carbonyl (C=O) groups excluding carboxylic acids is 2. The van der Waals surface area contributed by atoms with Crippen molar-refractivity contribution < 1.29 is 14.7 Å². The fraction of sp³-hybridized carbons (Fsp3) is 0.273. The van der Waals surface area contributed by atoms with Crippen LogP contribution in [-0.2, 0) is 4.79 Å². The molecule has 74 valence electrons. The average molecular weight is 191 g/mol. The molecule has 3 nitrogen and oxygen atoms in total. The molecule has 1 rings (SSSR count). The summed E-state index contributed by atoms with van der Waals surface area (Å²) in [6.07, 6.45) is 0.260. The van der Waals surface area contributed by atoms with Gasteiger partial charge in [0.15, 0.2) is 5.78 Å². The molecular weight excluding hydrogens is 180 g/mol. The lowest BCUT2D eigenvalue weighted by Crippen LogP contribution is -2.36. The van der Waals surface area contributed by atoms with Crippen molar-refractivity contribution in [1.82, 2.24) is 0 Å². The molecule has 0 aliphatic heterocycles. The molecule has 0 aromatic heterocycles. The zero-order chi connectivity index (χ0) is 10.6. The van der Waals surface area contributed by atoms with E-state index in [2.05, 4.69) is 0 Å². The van der Waals surface area contributed by atoms with E-state index in [0.29, 0.717) is 5.56 Å². The van der Waals surface area contributed by atoms with Crippen molar-refractivity contribution >= 4 is 11.8 Å². The highest BCUT2D eigenvalue weighted by molar-refractivity contribution is 6.07. The molecule has 0 amide bonds. The number of carboxylic acids is 1. The predicted molar refractivity (Wildman–Crippen MR) is 49.6 cm³/mol. The number of rotatable bonds is 4. The molecule has 1 unspecified atom stereocenters. The first-order valence-corrected chi connectivity index (χ1v) is 4.47. The van der Waals surface area contributed by atoms with Crippen LogP contribution in [0.25, 0.3) is 0 Å². The minimum atomic E-state index is -1.30. The second kappa shape index (κ2) is 4.56. The Hall–Kier alpha value is -1.64. The standard InChI is InChI=1S/C11H12O3/c1-2-9(11(13)14)10(12)8-6-4-3-5-7-8/h3-7,9H,2H2,1H3,(H,13,14)/p-1. The molecule has 0 aliphatic carbocycles. The van der Waals surface area contributed by atoms with Gasteiger partial charge in [0.1, 0.15) is 0 Å². The van der Waals surface area contributed by atoms with Crippen LogP contribution in [0.1, 0.15) is 23.7 Å². The molecular formula is C11H11O3-. The molecule has 1 atom stereocenters. The Balaban J connectivity index is 2.89. The lowest BCUT2D eigenvalue weighted by Gasteiger charge is -2.14. The van der Waals surface area contributed by atoms with E-state index in [9.17, 15) is 14.7 Å². The van der Waals surface area contributed by atoms with Gasteiger partial charge in [-0.3, -0.25) is 4.79 Å². The summed E-state index contributed by atoms with van der Waals surface area (Å²) >= 11 is 0. The molecule has 1 aromatic carbocycles. The molecule has 0 heterocycles. The van der Waals surface area contributed by atoms with Gasteiger partial charge < -0.3 is 9.90 Å². The maximum absolute atomic E-state index is 11.6. The maximum atomic E-state index is 11.6. The summed E-state index contributed by atoms with van der Waals surface area (Å²) in [5.74, 6) is -2.72. The van der Waals surface area contributed by atoms with Gasteiger partial charge in [-0.2, -0.15) is 0 Å². The smallest absolute Gasteiger partial charge is 0.171 e. The summed E-state index contributed by atoms with van der Waals surface area (Å²) in [6, 6.07) is 8.39. The number of ketones is 1. The van der Waals surface area contributed by atoms with Crippen LogP contribution < -0.4 is 5.11 Å². The molecule has 0 spiro atoms. The fourth-order valence-corrected chi connectivity index (χ4v) is 1.26. The average Bonchev–Trinajstić information content (AvgIpc) is 2.19. The summed E-state index contributed by atoms with van der Waals surface area (Å²) in [7, 11) is 0. The summed E-state index contributed by atoms with van der Waals surface area (Å²) < 4.78 is 0. The second-order valence-electron chi connectivity index (χ2n) is 3.01. The molecule has 0 saturated heterocycles. The molecule has 0 radical (unpaired) electrons. The van der Waals surface area contributed by atoms with Crippen molar-refractivity contribution in [3.05, 3.63) is 35.9 Å². The van der Waals surface area contributed by atoms with Crippen LogP contribution in [0, 0.1) is 5.92 Å². The van der Waals surface area contributed by atoms with Crippen LogP contribution in [0.15, 0.2) is 30.3 Å². The number of carboxylic acid groups (broad SMARTS) is 1. The molecule has 0 bridgehead atoms. The molecule has 1 aromatic rings. The van der Waals surface area contributed by atoms with Gasteiger partial charge in [-0.25, -0.2) is 0 Å². The maximum Gasteiger partial charge on any atom is 0.171 e. The van der Waals surface area contributed by atoms with Gasteiger partial charge in [-0.1, -0.05) is 37.3 Å². The van der Waals surface area contributed by atoms with Crippen LogP contribution in [-0.4, -0.2) is 11.8 Å². The minimum absolute atomic E-state index is 0.260. The SMILES string of the molecule is CCC(C(=O)[O-])C(=O)c1ccccc1. The number of aliphatic carboxylic acids is 1. The lowest BCUT2D eigenvalue weighted by atomic mass is 9.95. The van der Waals surface area contributed by atoms with Crippen LogP contribution in [0.2, 0.25) is 0 Å². The molecule has 0 fully saturated rings. The monoisotopic (exact) mass is 191 g/mol. The summed E-state index contributed by atoms with van der Waals surface area (Å²) in [5.41, 5.74) is 0.420. The van der Waals surface area contributed by atoms with Gasteiger partial charge in [0.25, 0.3) is 0 Å². The Bertz CT molecular complexity index is 330. The normalized spacial score (nSPS) is 12.1. The molecule has 0 aliphatic rings. The first-order chi connectivity index (χ1) is 6.66. The molecule has 14 heavy (non-hydrogen) atoms.